The lowest BCUT2D eigenvalue weighted by molar-refractivity contribution is -0.927. The normalized spacial score (nSPS) is 16.1. The van der Waals surface area contributed by atoms with E-state index >= 15 is 0 Å². The molecule has 3 rings (SSSR count). The summed E-state index contributed by atoms with van der Waals surface area (Å²) in [6.07, 6.45) is 0. The van der Waals surface area contributed by atoms with Crippen molar-refractivity contribution in [1.82, 2.24) is 14.1 Å². The van der Waals surface area contributed by atoms with E-state index in [1.54, 1.807) is 38.1 Å². The molecule has 2 heterocycles. The minimum Gasteiger partial charge on any atom is -0.314 e. The molecule has 1 aliphatic rings. The Balaban J connectivity index is 1.71. The molecular formula is C19H24N5O3S+. The number of hydrogen-bond donors (Lipinski definition) is 1. The predicted molar refractivity (Wildman–Crippen MR) is 103 cm³/mol. The summed E-state index contributed by atoms with van der Waals surface area (Å²) in [6.45, 7) is 7.59. The highest BCUT2D eigenvalue weighted by molar-refractivity contribution is 7.89. The van der Waals surface area contributed by atoms with Crippen molar-refractivity contribution in [3.63, 3.8) is 0 Å². The monoisotopic (exact) mass is 402 g/mol. The minimum atomic E-state index is -3.51. The molecule has 9 heteroatoms. The molecule has 0 bridgehead atoms. The maximum absolute atomic E-state index is 12.8. The molecule has 0 amide bonds. The summed E-state index contributed by atoms with van der Waals surface area (Å²) in [5, 5.41) is 13.5. The average molecular weight is 403 g/mol. The Morgan fingerprint density at radius 1 is 1.14 bits per heavy atom. The molecule has 1 aliphatic heterocycles. The van der Waals surface area contributed by atoms with Crippen LogP contribution in [0.1, 0.15) is 22.4 Å². The van der Waals surface area contributed by atoms with Crippen molar-refractivity contribution in [2.75, 3.05) is 26.2 Å². The first-order valence-corrected chi connectivity index (χ1v) is 10.6. The summed E-state index contributed by atoms with van der Waals surface area (Å²) in [7, 11) is -3.51. The Kier molecular flexibility index (Phi) is 5.65. The molecule has 2 aromatic rings. The molecule has 0 atom stereocenters. The van der Waals surface area contributed by atoms with E-state index in [0.717, 1.165) is 10.5 Å². The molecule has 0 aliphatic carbocycles. The number of nitrogens with one attached hydrogen (secondary N) is 1. The number of piperazine rings is 1. The van der Waals surface area contributed by atoms with Crippen LogP contribution >= 0.6 is 0 Å². The van der Waals surface area contributed by atoms with E-state index in [-0.39, 0.29) is 5.56 Å². The highest BCUT2D eigenvalue weighted by Crippen LogP contribution is 2.16. The number of rotatable bonds is 4. The van der Waals surface area contributed by atoms with Crippen molar-refractivity contribution in [1.29, 1.82) is 5.26 Å². The van der Waals surface area contributed by atoms with Gasteiger partial charge in [-0.25, -0.2) is 8.42 Å². The summed E-state index contributed by atoms with van der Waals surface area (Å²) in [4.78, 5) is 13.8. The summed E-state index contributed by atoms with van der Waals surface area (Å²) >= 11 is 0. The lowest BCUT2D eigenvalue weighted by atomic mass is 10.1. The summed E-state index contributed by atoms with van der Waals surface area (Å²) < 4.78 is 28.4. The molecule has 8 nitrogen and oxygen atoms in total. The zero-order valence-electron chi connectivity index (χ0n) is 16.3. The highest BCUT2D eigenvalue weighted by Gasteiger charge is 2.30. The van der Waals surface area contributed by atoms with E-state index in [0.29, 0.717) is 49.0 Å². The summed E-state index contributed by atoms with van der Waals surface area (Å²) in [5.41, 5.74) is 1.99. The van der Waals surface area contributed by atoms with Crippen molar-refractivity contribution < 1.29 is 13.3 Å². The Labute approximate surface area is 164 Å². The third-order valence-electron chi connectivity index (χ3n) is 5.21. The van der Waals surface area contributed by atoms with E-state index in [9.17, 15) is 18.5 Å². The third-order valence-corrected chi connectivity index (χ3v) is 7.12. The third kappa shape index (κ3) is 3.85. The molecule has 1 saturated heterocycles. The van der Waals surface area contributed by atoms with Gasteiger partial charge in [0.05, 0.1) is 36.8 Å². The SMILES string of the molecule is Cc1ccc(S(=O)(=O)N2CC[NH+](Cn3nc(C)c(C)c(C#N)c3=O)CC2)cc1. The van der Waals surface area contributed by atoms with Crippen LogP contribution in [-0.2, 0) is 16.7 Å². The number of benzene rings is 1. The Morgan fingerprint density at radius 2 is 1.75 bits per heavy atom. The van der Waals surface area contributed by atoms with Gasteiger partial charge in [0.25, 0.3) is 5.56 Å². The van der Waals surface area contributed by atoms with Gasteiger partial charge in [0, 0.05) is 0 Å². The molecule has 148 valence electrons. The van der Waals surface area contributed by atoms with Crippen LogP contribution in [0.4, 0.5) is 0 Å². The number of quaternary nitrogens is 1. The average Bonchev–Trinajstić information content (AvgIpc) is 2.67. The lowest BCUT2D eigenvalue weighted by Crippen LogP contribution is -3.14. The largest absolute Gasteiger partial charge is 0.314 e. The van der Waals surface area contributed by atoms with E-state index in [1.807, 2.05) is 13.0 Å². The van der Waals surface area contributed by atoms with Gasteiger partial charge in [-0.05, 0) is 38.5 Å². The van der Waals surface area contributed by atoms with Gasteiger partial charge in [-0.3, -0.25) is 4.79 Å². The quantitative estimate of drug-likeness (QED) is 0.749. The maximum Gasteiger partial charge on any atom is 0.289 e. The first-order valence-electron chi connectivity index (χ1n) is 9.13. The molecule has 0 spiro atoms. The van der Waals surface area contributed by atoms with Gasteiger partial charge in [-0.15, -0.1) is 0 Å². The number of aryl methyl sites for hydroxylation is 2. The van der Waals surface area contributed by atoms with Crippen LogP contribution in [0.3, 0.4) is 0 Å². The fourth-order valence-corrected chi connectivity index (χ4v) is 4.72. The van der Waals surface area contributed by atoms with E-state index in [4.69, 9.17) is 0 Å². The van der Waals surface area contributed by atoms with Crippen molar-refractivity contribution in [2.45, 2.75) is 32.3 Å². The zero-order valence-corrected chi connectivity index (χ0v) is 17.1. The standard InChI is InChI=1S/C19H23N5O3S/c1-14-4-6-17(7-5-14)28(26,27)23-10-8-22(9-11-23)13-24-19(25)18(12-20)15(2)16(3)21-24/h4-7H,8-11,13H2,1-3H3/p+1. The maximum atomic E-state index is 12.8. The zero-order chi connectivity index (χ0) is 20.5. The smallest absolute Gasteiger partial charge is 0.289 e. The molecule has 0 unspecified atom stereocenters. The predicted octanol–water partition coefficient (Wildman–Crippen LogP) is -0.413. The minimum absolute atomic E-state index is 0.118. The van der Waals surface area contributed by atoms with Gasteiger partial charge < -0.3 is 4.90 Å². The van der Waals surface area contributed by atoms with Crippen molar-refractivity contribution in [3.05, 3.63) is 57.0 Å². The second-order valence-corrected chi connectivity index (χ2v) is 9.07. The molecule has 1 aromatic heterocycles. The van der Waals surface area contributed by atoms with Crippen molar-refractivity contribution in [3.8, 4) is 6.07 Å². The molecule has 1 N–H and O–H groups in total. The number of hydrogen-bond acceptors (Lipinski definition) is 5. The van der Waals surface area contributed by atoms with Crippen molar-refractivity contribution in [2.24, 2.45) is 0 Å². The number of nitriles is 1. The molecule has 28 heavy (non-hydrogen) atoms. The second kappa shape index (κ2) is 7.83. The van der Waals surface area contributed by atoms with Gasteiger partial charge in [-0.1, -0.05) is 17.7 Å². The van der Waals surface area contributed by atoms with Crippen LogP contribution in [0, 0.1) is 32.1 Å². The molecule has 0 radical (unpaired) electrons. The van der Waals surface area contributed by atoms with E-state index in [1.165, 1.54) is 8.99 Å². The van der Waals surface area contributed by atoms with Crippen molar-refractivity contribution >= 4 is 10.0 Å². The Bertz CT molecular complexity index is 1080. The van der Waals surface area contributed by atoms with Gasteiger partial charge in [0.2, 0.25) is 10.0 Å². The second-order valence-electron chi connectivity index (χ2n) is 7.13. The van der Waals surface area contributed by atoms with Gasteiger partial charge in [0.15, 0.2) is 6.67 Å². The molecule has 0 saturated carbocycles. The molecular weight excluding hydrogens is 378 g/mol. The molecule has 1 fully saturated rings. The van der Waals surface area contributed by atoms with Crippen LogP contribution in [0.15, 0.2) is 34.0 Å². The topological polar surface area (TPSA) is 100 Å². The fourth-order valence-electron chi connectivity index (χ4n) is 3.28. The Hall–Kier alpha value is -2.54. The summed E-state index contributed by atoms with van der Waals surface area (Å²) in [6, 6.07) is 8.80. The highest BCUT2D eigenvalue weighted by atomic mass is 32.2. The van der Waals surface area contributed by atoms with E-state index in [2.05, 4.69) is 5.10 Å². The van der Waals surface area contributed by atoms with Crippen LogP contribution < -0.4 is 10.5 Å². The first kappa shape index (κ1) is 20.2. The van der Waals surface area contributed by atoms with Crippen LogP contribution in [-0.4, -0.2) is 48.7 Å². The van der Waals surface area contributed by atoms with Gasteiger partial charge >= 0.3 is 0 Å². The number of nitrogens with zero attached hydrogens (tertiary/aromatic N) is 4. The van der Waals surface area contributed by atoms with Crippen LogP contribution in [0.25, 0.3) is 0 Å². The van der Waals surface area contributed by atoms with Crippen LogP contribution in [0.2, 0.25) is 0 Å². The first-order chi connectivity index (χ1) is 13.2. The number of aromatic nitrogens is 2. The van der Waals surface area contributed by atoms with Crippen LogP contribution in [0.5, 0.6) is 0 Å². The Morgan fingerprint density at radius 3 is 2.32 bits per heavy atom. The van der Waals surface area contributed by atoms with Gasteiger partial charge in [-0.2, -0.15) is 19.3 Å². The molecule has 1 aromatic carbocycles. The summed E-state index contributed by atoms with van der Waals surface area (Å²) in [5.74, 6) is 0. The van der Waals surface area contributed by atoms with E-state index < -0.39 is 15.6 Å². The fraction of sp³-hybridized carbons (Fsp3) is 0.421. The number of sulfonamides is 1. The van der Waals surface area contributed by atoms with Gasteiger partial charge in [0.1, 0.15) is 11.6 Å². The lowest BCUT2D eigenvalue weighted by Gasteiger charge is -2.31.